The van der Waals surface area contributed by atoms with E-state index < -0.39 is 0 Å². The summed E-state index contributed by atoms with van der Waals surface area (Å²) in [5.74, 6) is 2.37. The van der Waals surface area contributed by atoms with E-state index in [1.807, 2.05) is 30.3 Å². The molecule has 0 amide bonds. The standard InChI is InChI=1S/C25H24N4O3.ClH/c1-30-17-13-20(31-2)22-21(14-17)32-12-10-18-23(28-25(26)29-24(18)22)16-8-6-15(7-9-16)19-5-3-4-11-27-19;/h3-9,11,13-14,23H,10,12H2,1-2H3,(H3,26,28,29);1H. The second-order valence-corrected chi connectivity index (χ2v) is 7.58. The van der Waals surface area contributed by atoms with Crippen LogP contribution in [0.1, 0.15) is 23.6 Å². The van der Waals surface area contributed by atoms with Crippen molar-refractivity contribution < 1.29 is 14.2 Å². The lowest BCUT2D eigenvalue weighted by Gasteiger charge is -2.27. The minimum absolute atomic E-state index is 0. The van der Waals surface area contributed by atoms with Crippen molar-refractivity contribution >= 4 is 24.1 Å². The van der Waals surface area contributed by atoms with E-state index in [1.54, 1.807) is 20.4 Å². The number of guanidine groups is 1. The van der Waals surface area contributed by atoms with Crippen LogP contribution in [0.25, 0.3) is 17.0 Å². The average Bonchev–Trinajstić information content (AvgIpc) is 3.03. The monoisotopic (exact) mass is 464 g/mol. The van der Waals surface area contributed by atoms with E-state index in [1.165, 1.54) is 0 Å². The maximum atomic E-state index is 6.23. The van der Waals surface area contributed by atoms with Gasteiger partial charge in [-0.2, -0.15) is 0 Å². The number of fused-ring (bicyclic) bond motifs is 2. The lowest BCUT2D eigenvalue weighted by atomic mass is 9.91. The van der Waals surface area contributed by atoms with Gasteiger partial charge in [-0.15, -0.1) is 12.4 Å². The molecule has 3 aromatic rings. The maximum absolute atomic E-state index is 6.23. The van der Waals surface area contributed by atoms with Gasteiger partial charge in [0.05, 0.1) is 37.8 Å². The van der Waals surface area contributed by atoms with E-state index in [0.29, 0.717) is 36.2 Å². The molecule has 8 heteroatoms. The molecule has 170 valence electrons. The third kappa shape index (κ3) is 4.19. The fourth-order valence-corrected chi connectivity index (χ4v) is 4.20. The minimum Gasteiger partial charge on any atom is -0.496 e. The van der Waals surface area contributed by atoms with Crippen LogP contribution in [-0.2, 0) is 0 Å². The number of halogens is 1. The number of nitrogens with one attached hydrogen (secondary N) is 1. The van der Waals surface area contributed by atoms with Gasteiger partial charge in [0.2, 0.25) is 0 Å². The maximum Gasteiger partial charge on any atom is 0.194 e. The number of ether oxygens (including phenoxy) is 3. The van der Waals surface area contributed by atoms with Crippen molar-refractivity contribution in [2.75, 3.05) is 20.8 Å². The van der Waals surface area contributed by atoms with Gasteiger partial charge in [0.1, 0.15) is 23.3 Å². The molecular weight excluding hydrogens is 440 g/mol. The van der Waals surface area contributed by atoms with Gasteiger partial charge in [0.25, 0.3) is 0 Å². The molecule has 0 saturated heterocycles. The summed E-state index contributed by atoms with van der Waals surface area (Å²) in [7, 11) is 3.25. The van der Waals surface area contributed by atoms with Crippen LogP contribution in [0.3, 0.4) is 0 Å². The van der Waals surface area contributed by atoms with Crippen molar-refractivity contribution in [2.45, 2.75) is 12.5 Å². The highest BCUT2D eigenvalue weighted by atomic mass is 35.5. The number of hydrogen-bond donors (Lipinski definition) is 2. The first-order chi connectivity index (χ1) is 15.7. The molecule has 2 aromatic carbocycles. The predicted octanol–water partition coefficient (Wildman–Crippen LogP) is 4.34. The number of aliphatic imine (C=N–C) groups is 1. The highest BCUT2D eigenvalue weighted by Crippen LogP contribution is 2.45. The minimum atomic E-state index is -0.217. The first-order valence-electron chi connectivity index (χ1n) is 10.4. The van der Waals surface area contributed by atoms with Crippen molar-refractivity contribution in [3.05, 3.63) is 77.5 Å². The molecule has 2 aliphatic rings. The Bertz CT molecular complexity index is 1210. The fraction of sp³-hybridized carbons (Fsp3) is 0.200. The summed E-state index contributed by atoms with van der Waals surface area (Å²) in [6, 6.07) is 17.7. The third-order valence-corrected chi connectivity index (χ3v) is 5.73. The Kier molecular flexibility index (Phi) is 6.42. The normalized spacial score (nSPS) is 16.7. The molecule has 1 atom stereocenters. The van der Waals surface area contributed by atoms with Crippen molar-refractivity contribution in [3.63, 3.8) is 0 Å². The fourth-order valence-electron chi connectivity index (χ4n) is 4.20. The van der Waals surface area contributed by atoms with Crippen molar-refractivity contribution in [1.29, 1.82) is 0 Å². The van der Waals surface area contributed by atoms with Crippen LogP contribution in [0.2, 0.25) is 0 Å². The van der Waals surface area contributed by atoms with Crippen LogP contribution in [-0.4, -0.2) is 31.8 Å². The Morgan fingerprint density at radius 2 is 1.88 bits per heavy atom. The van der Waals surface area contributed by atoms with Crippen LogP contribution in [0.5, 0.6) is 17.2 Å². The number of pyridine rings is 1. The number of nitrogens with zero attached hydrogens (tertiary/aromatic N) is 2. The Hall–Kier alpha value is -3.71. The molecule has 0 saturated carbocycles. The Balaban J connectivity index is 0.00000259. The Morgan fingerprint density at radius 3 is 2.58 bits per heavy atom. The van der Waals surface area contributed by atoms with E-state index in [9.17, 15) is 0 Å². The summed E-state index contributed by atoms with van der Waals surface area (Å²) in [6.07, 6.45) is 2.50. The number of rotatable bonds is 4. The predicted molar refractivity (Wildman–Crippen MR) is 131 cm³/mol. The zero-order valence-electron chi connectivity index (χ0n) is 18.4. The molecule has 3 N–H and O–H groups in total. The molecule has 33 heavy (non-hydrogen) atoms. The van der Waals surface area contributed by atoms with E-state index in [2.05, 4.69) is 34.6 Å². The Labute approximate surface area is 198 Å². The van der Waals surface area contributed by atoms with Gasteiger partial charge < -0.3 is 25.3 Å². The van der Waals surface area contributed by atoms with Gasteiger partial charge in [-0.3, -0.25) is 4.98 Å². The van der Waals surface area contributed by atoms with Crippen LogP contribution < -0.4 is 25.3 Å². The molecule has 1 unspecified atom stereocenters. The summed E-state index contributed by atoms with van der Waals surface area (Å²) < 4.78 is 17.2. The van der Waals surface area contributed by atoms with Gasteiger partial charge in [-0.25, -0.2) is 4.99 Å². The molecule has 2 aliphatic heterocycles. The lowest BCUT2D eigenvalue weighted by Crippen LogP contribution is -2.35. The summed E-state index contributed by atoms with van der Waals surface area (Å²) in [4.78, 5) is 9.16. The molecule has 0 radical (unpaired) electrons. The van der Waals surface area contributed by atoms with E-state index >= 15 is 0 Å². The second kappa shape index (κ2) is 9.42. The second-order valence-electron chi connectivity index (χ2n) is 7.58. The smallest absolute Gasteiger partial charge is 0.194 e. The first kappa shape index (κ1) is 22.5. The summed E-state index contributed by atoms with van der Waals surface area (Å²) in [6.45, 7) is 0.516. The zero-order chi connectivity index (χ0) is 22.1. The number of benzene rings is 2. The highest BCUT2D eigenvalue weighted by molar-refractivity contribution is 5.94. The molecule has 0 bridgehead atoms. The highest BCUT2D eigenvalue weighted by Gasteiger charge is 2.31. The van der Waals surface area contributed by atoms with Gasteiger partial charge in [0.15, 0.2) is 5.96 Å². The SMILES string of the molecule is COc1cc(OC)c2c(c1)OCCC1=C2NC(N)=NC1c1ccc(-c2ccccn2)cc1.Cl. The van der Waals surface area contributed by atoms with Crippen molar-refractivity contribution in [2.24, 2.45) is 10.7 Å². The zero-order valence-corrected chi connectivity index (χ0v) is 19.2. The molecule has 0 aliphatic carbocycles. The lowest BCUT2D eigenvalue weighted by molar-refractivity contribution is 0.315. The van der Waals surface area contributed by atoms with Crippen molar-refractivity contribution in [1.82, 2.24) is 10.3 Å². The van der Waals surface area contributed by atoms with Crippen LogP contribution >= 0.6 is 12.4 Å². The average molecular weight is 465 g/mol. The molecule has 5 rings (SSSR count). The molecule has 3 heterocycles. The summed E-state index contributed by atoms with van der Waals surface area (Å²) >= 11 is 0. The third-order valence-electron chi connectivity index (χ3n) is 5.73. The molecule has 0 fully saturated rings. The van der Waals surface area contributed by atoms with Crippen LogP contribution in [0.4, 0.5) is 0 Å². The molecule has 0 spiro atoms. The molecular formula is C25H25ClN4O3. The van der Waals surface area contributed by atoms with Crippen molar-refractivity contribution in [3.8, 4) is 28.5 Å². The van der Waals surface area contributed by atoms with Gasteiger partial charge in [0, 0.05) is 30.3 Å². The topological polar surface area (TPSA) is 91.0 Å². The van der Waals surface area contributed by atoms with Gasteiger partial charge >= 0.3 is 0 Å². The van der Waals surface area contributed by atoms with Gasteiger partial charge in [-0.1, -0.05) is 30.3 Å². The number of nitrogens with two attached hydrogens (primary N) is 1. The summed E-state index contributed by atoms with van der Waals surface area (Å²) in [5, 5.41) is 3.26. The quantitative estimate of drug-likeness (QED) is 0.596. The first-order valence-corrected chi connectivity index (χ1v) is 10.4. The van der Waals surface area contributed by atoms with E-state index in [-0.39, 0.29) is 18.4 Å². The largest absolute Gasteiger partial charge is 0.496 e. The number of methoxy groups -OCH3 is 2. The Morgan fingerprint density at radius 1 is 1.06 bits per heavy atom. The number of hydrogen-bond acceptors (Lipinski definition) is 7. The number of aromatic nitrogens is 1. The van der Waals surface area contributed by atoms with E-state index in [4.69, 9.17) is 24.9 Å². The summed E-state index contributed by atoms with van der Waals surface area (Å²) in [5.41, 5.74) is 12.1. The van der Waals surface area contributed by atoms with Crippen LogP contribution in [0.15, 0.2) is 71.4 Å². The van der Waals surface area contributed by atoms with Crippen LogP contribution in [0, 0.1) is 0 Å². The molecule has 7 nitrogen and oxygen atoms in total. The van der Waals surface area contributed by atoms with E-state index in [0.717, 1.165) is 33.7 Å². The molecule has 1 aromatic heterocycles. The van der Waals surface area contributed by atoms with Gasteiger partial charge in [-0.05, 0) is 23.3 Å².